The summed E-state index contributed by atoms with van der Waals surface area (Å²) in [6.45, 7) is 4.23. The number of fused-ring (bicyclic) bond motifs is 1. The van der Waals surface area contributed by atoms with Crippen molar-refractivity contribution in [2.45, 2.75) is 19.8 Å². The monoisotopic (exact) mass is 184 g/mol. The van der Waals surface area contributed by atoms with Crippen LogP contribution in [0, 0.1) is 0 Å². The molecule has 0 aliphatic carbocycles. The van der Waals surface area contributed by atoms with Crippen LogP contribution < -0.4 is 5.32 Å². The molecule has 0 atom stereocenters. The minimum absolute atomic E-state index is 0.194. The number of nitrogens with one attached hydrogen (secondary N) is 1. The molecular formula is C11H11BNO. The first-order chi connectivity index (χ1) is 6.59. The Morgan fingerprint density at radius 2 is 2.07 bits per heavy atom. The number of rotatable bonds is 1. The Labute approximate surface area is 84.4 Å². The normalized spacial score (nSPS) is 14.4. The summed E-state index contributed by atoms with van der Waals surface area (Å²) < 4.78 is 0. The van der Waals surface area contributed by atoms with Gasteiger partial charge in [0.05, 0.1) is 0 Å². The third kappa shape index (κ3) is 1.29. The molecule has 14 heavy (non-hydrogen) atoms. The summed E-state index contributed by atoms with van der Waals surface area (Å²) in [5, 5.41) is 2.74. The van der Waals surface area contributed by atoms with Crippen LogP contribution in [0.1, 0.15) is 30.9 Å². The van der Waals surface area contributed by atoms with Gasteiger partial charge in [0.15, 0.2) is 0 Å². The predicted octanol–water partition coefficient (Wildman–Crippen LogP) is 1.45. The number of amides is 1. The van der Waals surface area contributed by atoms with Crippen LogP contribution in [0.25, 0.3) is 0 Å². The Bertz CT molecular complexity index is 423. The van der Waals surface area contributed by atoms with E-state index in [4.69, 9.17) is 7.49 Å². The molecule has 1 aliphatic rings. The Morgan fingerprint density at radius 1 is 1.36 bits per heavy atom. The van der Waals surface area contributed by atoms with Crippen LogP contribution in [-0.4, -0.2) is 18.9 Å². The molecule has 0 saturated carbocycles. The van der Waals surface area contributed by atoms with Crippen LogP contribution in [0.5, 0.6) is 0 Å². The van der Waals surface area contributed by atoms with Crippen molar-refractivity contribution in [3.05, 3.63) is 29.3 Å². The van der Waals surface area contributed by atoms with Gasteiger partial charge < -0.3 is 0 Å². The van der Waals surface area contributed by atoms with Gasteiger partial charge in [-0.05, 0) is 0 Å². The van der Waals surface area contributed by atoms with Gasteiger partial charge in [-0.15, -0.1) is 0 Å². The molecule has 0 aromatic heterocycles. The van der Waals surface area contributed by atoms with Gasteiger partial charge in [-0.1, -0.05) is 0 Å². The number of carbonyl (C=O) groups is 1. The zero-order valence-electron chi connectivity index (χ0n) is 8.29. The van der Waals surface area contributed by atoms with E-state index in [-0.39, 0.29) is 5.91 Å². The Kier molecular flexibility index (Phi) is 2.03. The molecule has 1 aromatic rings. The van der Waals surface area contributed by atoms with Crippen molar-refractivity contribution in [1.82, 2.24) is 0 Å². The molecule has 2 nitrogen and oxygen atoms in total. The molecule has 3 heteroatoms. The van der Waals surface area contributed by atoms with Crippen LogP contribution in [0.4, 0.5) is 5.69 Å². The summed E-state index contributed by atoms with van der Waals surface area (Å²) in [5.41, 5.74) is 3.17. The van der Waals surface area contributed by atoms with Gasteiger partial charge in [-0.2, -0.15) is 0 Å². The quantitative estimate of drug-likeness (QED) is 0.657. The second-order valence-corrected chi connectivity index (χ2v) is 3.83. The molecule has 0 saturated heterocycles. The Balaban J connectivity index is 2.49. The molecule has 1 aliphatic heterocycles. The van der Waals surface area contributed by atoms with E-state index in [2.05, 4.69) is 19.2 Å². The number of hydrogen-bond acceptors (Lipinski definition) is 1. The fourth-order valence-electron chi connectivity index (χ4n) is 1.57. The zero-order valence-corrected chi connectivity index (χ0v) is 8.29. The number of hydrogen-bond donors (Lipinski definition) is 1. The van der Waals surface area contributed by atoms with E-state index in [0.717, 1.165) is 11.3 Å². The van der Waals surface area contributed by atoms with Crippen molar-refractivity contribution < 1.29 is 4.79 Å². The molecule has 69 valence electrons. The number of benzene rings is 1. The molecule has 1 amide bonds. The first-order valence-corrected chi connectivity index (χ1v) is 4.67. The van der Waals surface area contributed by atoms with E-state index < -0.39 is 0 Å². The van der Waals surface area contributed by atoms with Crippen molar-refractivity contribution >= 4 is 24.5 Å². The third-order valence-corrected chi connectivity index (χ3v) is 2.49. The van der Waals surface area contributed by atoms with Gasteiger partial charge >= 0.3 is 83.7 Å². The fourth-order valence-corrected chi connectivity index (χ4v) is 1.57. The second kappa shape index (κ2) is 3.09. The topological polar surface area (TPSA) is 29.1 Å². The van der Waals surface area contributed by atoms with E-state index in [1.165, 1.54) is 5.56 Å². The Hall–Kier alpha value is -1.38. The third-order valence-electron chi connectivity index (χ3n) is 2.49. The van der Waals surface area contributed by atoms with Crippen molar-refractivity contribution in [1.29, 1.82) is 0 Å². The van der Waals surface area contributed by atoms with Crippen molar-refractivity contribution in [2.24, 2.45) is 0 Å². The van der Waals surface area contributed by atoms with E-state index >= 15 is 0 Å². The van der Waals surface area contributed by atoms with Crippen molar-refractivity contribution in [3.8, 4) is 0 Å². The first kappa shape index (κ1) is 9.19. The molecular weight excluding hydrogens is 173 g/mol. The summed E-state index contributed by atoms with van der Waals surface area (Å²) in [6.07, 6.45) is 0. The summed E-state index contributed by atoms with van der Waals surface area (Å²) in [4.78, 5) is 11.2. The molecule has 0 spiro atoms. The zero-order chi connectivity index (χ0) is 10.3. The Morgan fingerprint density at radius 3 is 2.71 bits per heavy atom. The average Bonchev–Trinajstić information content (AvgIpc) is 2.42. The fraction of sp³-hybridized carbons (Fsp3) is 0.273. The van der Waals surface area contributed by atoms with Crippen LogP contribution >= 0.6 is 0 Å². The molecule has 1 aromatic carbocycles. The minimum atomic E-state index is -0.194. The van der Waals surface area contributed by atoms with Crippen molar-refractivity contribution in [2.75, 3.05) is 5.32 Å². The standard InChI is InChI=1S/C11H11BNO/c1-6(2)7-3-4-8-9(5-7)13-11(14)10(8)12/h3-6H,1-2H3,(H,13,14). The maximum atomic E-state index is 11.2. The van der Waals surface area contributed by atoms with E-state index in [1.807, 2.05) is 18.2 Å². The van der Waals surface area contributed by atoms with E-state index in [0.29, 0.717) is 11.4 Å². The molecule has 0 fully saturated rings. The first-order valence-electron chi connectivity index (χ1n) is 4.67. The van der Waals surface area contributed by atoms with Gasteiger partial charge in [-0.25, -0.2) is 0 Å². The maximum absolute atomic E-state index is 11.2. The summed E-state index contributed by atoms with van der Waals surface area (Å²) in [6, 6.07) is 5.90. The summed E-state index contributed by atoms with van der Waals surface area (Å²) >= 11 is 0. The van der Waals surface area contributed by atoms with Gasteiger partial charge in [0, 0.05) is 0 Å². The number of anilines is 1. The van der Waals surface area contributed by atoms with Crippen molar-refractivity contribution in [3.63, 3.8) is 0 Å². The molecule has 0 bridgehead atoms. The molecule has 2 rings (SSSR count). The molecule has 1 heterocycles. The molecule has 0 unspecified atom stereocenters. The van der Waals surface area contributed by atoms with Crippen LogP contribution in [0.15, 0.2) is 18.2 Å². The summed E-state index contributed by atoms with van der Waals surface area (Å²) in [5.74, 6) is 0.264. The SMILES string of the molecule is [B]=C1C(=O)Nc2cc(C(C)C)ccc21. The molecule has 1 radical (unpaired) electrons. The van der Waals surface area contributed by atoms with Crippen LogP contribution in [0.3, 0.4) is 0 Å². The van der Waals surface area contributed by atoms with Gasteiger partial charge in [0.25, 0.3) is 0 Å². The van der Waals surface area contributed by atoms with Gasteiger partial charge in [0.2, 0.25) is 0 Å². The van der Waals surface area contributed by atoms with Gasteiger partial charge in [0.1, 0.15) is 0 Å². The molecule has 1 N–H and O–H groups in total. The van der Waals surface area contributed by atoms with E-state index in [9.17, 15) is 4.79 Å². The second-order valence-electron chi connectivity index (χ2n) is 3.83. The van der Waals surface area contributed by atoms with E-state index in [1.54, 1.807) is 0 Å². The number of carbonyl (C=O) groups excluding carboxylic acids is 1. The average molecular weight is 184 g/mol. The van der Waals surface area contributed by atoms with Crippen LogP contribution in [-0.2, 0) is 4.79 Å². The summed E-state index contributed by atoms with van der Waals surface area (Å²) in [7, 11) is 5.62. The van der Waals surface area contributed by atoms with Gasteiger partial charge in [-0.3, -0.25) is 0 Å². The predicted molar refractivity (Wildman–Crippen MR) is 59.0 cm³/mol. The van der Waals surface area contributed by atoms with Crippen LogP contribution in [0.2, 0.25) is 0 Å².